The van der Waals surface area contributed by atoms with Gasteiger partial charge >= 0.3 is 0 Å². The van der Waals surface area contributed by atoms with Crippen LogP contribution < -0.4 is 9.47 Å². The Balaban J connectivity index is 1.96. The Hall–Kier alpha value is -1.71. The van der Waals surface area contributed by atoms with E-state index in [1.54, 1.807) is 11.9 Å². The number of para-hydroxylation sites is 2. The number of rotatable bonds is 3. The minimum Gasteiger partial charge on any atom is -0.486 e. The van der Waals surface area contributed by atoms with Crippen molar-refractivity contribution < 1.29 is 14.3 Å². The molecule has 0 saturated heterocycles. The van der Waals surface area contributed by atoms with Gasteiger partial charge in [0.1, 0.15) is 6.61 Å². The van der Waals surface area contributed by atoms with Gasteiger partial charge in [-0.15, -0.1) is 0 Å². The summed E-state index contributed by atoms with van der Waals surface area (Å²) in [5.74, 6) is 1.64. The maximum absolute atomic E-state index is 11.5. The number of amides is 1. The van der Waals surface area contributed by atoms with Crippen LogP contribution in [0.2, 0.25) is 0 Å². The summed E-state index contributed by atoms with van der Waals surface area (Å²) in [6.07, 6.45) is 0.422. The molecule has 0 N–H and O–H groups in total. The van der Waals surface area contributed by atoms with Crippen LogP contribution in [0, 0.1) is 0 Å². The lowest BCUT2D eigenvalue weighted by molar-refractivity contribution is -0.130. The van der Waals surface area contributed by atoms with Crippen LogP contribution in [-0.4, -0.2) is 37.1 Å². The van der Waals surface area contributed by atoms with E-state index in [9.17, 15) is 4.79 Å². The Labute approximate surface area is 101 Å². The zero-order valence-electron chi connectivity index (χ0n) is 10.2. The molecule has 1 aromatic carbocycles. The van der Waals surface area contributed by atoms with E-state index < -0.39 is 0 Å². The number of carbonyl (C=O) groups is 1. The maximum Gasteiger partial charge on any atom is 0.222 e. The molecule has 4 heteroatoms. The van der Waals surface area contributed by atoms with E-state index in [2.05, 4.69) is 0 Å². The lowest BCUT2D eigenvalue weighted by atomic mass is 10.2. The highest BCUT2D eigenvalue weighted by atomic mass is 16.6. The number of hydrogen-bond acceptors (Lipinski definition) is 3. The van der Waals surface area contributed by atoms with E-state index in [0.29, 0.717) is 19.6 Å². The predicted octanol–water partition coefficient (Wildman–Crippen LogP) is 1.69. The van der Waals surface area contributed by atoms with E-state index in [0.717, 1.165) is 11.5 Å². The van der Waals surface area contributed by atoms with Crippen molar-refractivity contribution in [2.24, 2.45) is 0 Å². The van der Waals surface area contributed by atoms with Crippen molar-refractivity contribution in [2.45, 2.75) is 19.4 Å². The van der Waals surface area contributed by atoms with Gasteiger partial charge in [0.2, 0.25) is 5.91 Å². The van der Waals surface area contributed by atoms with Gasteiger partial charge in [0.25, 0.3) is 0 Å². The third kappa shape index (κ3) is 2.70. The van der Waals surface area contributed by atoms with Gasteiger partial charge in [0.05, 0.1) is 6.54 Å². The number of likely N-dealkylation sites (N-methyl/N-ethyl adjacent to an activating group) is 1. The van der Waals surface area contributed by atoms with Gasteiger partial charge < -0.3 is 14.4 Å². The Morgan fingerprint density at radius 1 is 1.41 bits per heavy atom. The maximum atomic E-state index is 11.5. The number of carbonyl (C=O) groups excluding carboxylic acids is 1. The lowest BCUT2D eigenvalue weighted by Gasteiger charge is -2.29. The summed E-state index contributed by atoms with van der Waals surface area (Å²) in [6.45, 7) is 2.89. The fraction of sp³-hybridized carbons (Fsp3) is 0.462. The number of hydrogen-bond donors (Lipinski definition) is 0. The van der Waals surface area contributed by atoms with Crippen molar-refractivity contribution in [1.82, 2.24) is 4.90 Å². The quantitative estimate of drug-likeness (QED) is 0.800. The molecular formula is C13H17NO3. The first-order chi connectivity index (χ1) is 8.20. The van der Waals surface area contributed by atoms with E-state index in [1.165, 1.54) is 0 Å². The standard InChI is InChI=1S/C13H17NO3/c1-3-13(15)14(2)8-10-9-16-11-6-4-5-7-12(11)17-10/h4-7,10H,3,8-9H2,1-2H3/t10-/m0/s1. The molecule has 0 spiro atoms. The second-order valence-electron chi connectivity index (χ2n) is 4.13. The molecular weight excluding hydrogens is 218 g/mol. The molecule has 0 unspecified atom stereocenters. The van der Waals surface area contributed by atoms with Crippen LogP contribution in [0.25, 0.3) is 0 Å². The second kappa shape index (κ2) is 5.08. The summed E-state index contributed by atoms with van der Waals surface area (Å²) in [6, 6.07) is 7.58. The van der Waals surface area contributed by atoms with E-state index in [-0.39, 0.29) is 12.0 Å². The van der Waals surface area contributed by atoms with Gasteiger partial charge in [-0.25, -0.2) is 0 Å². The molecule has 0 aliphatic carbocycles. The second-order valence-corrected chi connectivity index (χ2v) is 4.13. The summed E-state index contributed by atoms with van der Waals surface area (Å²) in [5, 5.41) is 0. The largest absolute Gasteiger partial charge is 0.486 e. The Morgan fingerprint density at radius 2 is 2.12 bits per heavy atom. The van der Waals surface area contributed by atoms with Crippen molar-refractivity contribution in [2.75, 3.05) is 20.2 Å². The van der Waals surface area contributed by atoms with E-state index in [4.69, 9.17) is 9.47 Å². The van der Waals surface area contributed by atoms with Gasteiger partial charge in [-0.3, -0.25) is 4.79 Å². The summed E-state index contributed by atoms with van der Waals surface area (Å²) in [7, 11) is 1.79. The van der Waals surface area contributed by atoms with Gasteiger partial charge in [-0.2, -0.15) is 0 Å². The normalized spacial score (nSPS) is 17.6. The minimum atomic E-state index is -0.0922. The number of nitrogens with zero attached hydrogens (tertiary/aromatic N) is 1. The zero-order valence-corrected chi connectivity index (χ0v) is 10.2. The van der Waals surface area contributed by atoms with Crippen LogP contribution in [0.1, 0.15) is 13.3 Å². The van der Waals surface area contributed by atoms with Crippen LogP contribution in [-0.2, 0) is 4.79 Å². The SMILES string of the molecule is CCC(=O)N(C)C[C@H]1COc2ccccc2O1. The first-order valence-corrected chi connectivity index (χ1v) is 5.83. The summed E-state index contributed by atoms with van der Waals surface area (Å²) in [4.78, 5) is 13.1. The van der Waals surface area contributed by atoms with Gasteiger partial charge in [0.15, 0.2) is 17.6 Å². The molecule has 1 amide bonds. The van der Waals surface area contributed by atoms with E-state index in [1.807, 2.05) is 31.2 Å². The predicted molar refractivity (Wildman–Crippen MR) is 64.3 cm³/mol. The van der Waals surface area contributed by atoms with Crippen LogP contribution in [0.4, 0.5) is 0 Å². The fourth-order valence-electron chi connectivity index (χ4n) is 1.83. The van der Waals surface area contributed by atoms with Crippen molar-refractivity contribution >= 4 is 5.91 Å². The smallest absolute Gasteiger partial charge is 0.222 e. The van der Waals surface area contributed by atoms with Crippen LogP contribution >= 0.6 is 0 Å². The van der Waals surface area contributed by atoms with Crippen LogP contribution in [0.15, 0.2) is 24.3 Å². The summed E-state index contributed by atoms with van der Waals surface area (Å²) < 4.78 is 11.4. The highest BCUT2D eigenvalue weighted by Gasteiger charge is 2.22. The molecule has 17 heavy (non-hydrogen) atoms. The third-order valence-corrected chi connectivity index (χ3v) is 2.77. The topological polar surface area (TPSA) is 38.8 Å². The first kappa shape index (κ1) is 11.8. The average molecular weight is 235 g/mol. The molecule has 92 valence electrons. The lowest BCUT2D eigenvalue weighted by Crippen LogP contribution is -2.41. The van der Waals surface area contributed by atoms with Crippen LogP contribution in [0.3, 0.4) is 0 Å². The highest BCUT2D eigenvalue weighted by molar-refractivity contribution is 5.75. The first-order valence-electron chi connectivity index (χ1n) is 5.83. The number of ether oxygens (including phenoxy) is 2. The summed E-state index contributed by atoms with van der Waals surface area (Å²) in [5.41, 5.74) is 0. The molecule has 1 aromatic rings. The molecule has 0 fully saturated rings. The molecule has 2 rings (SSSR count). The molecule has 0 saturated carbocycles. The van der Waals surface area contributed by atoms with Crippen LogP contribution in [0.5, 0.6) is 11.5 Å². The van der Waals surface area contributed by atoms with Crippen molar-refractivity contribution in [1.29, 1.82) is 0 Å². The molecule has 0 radical (unpaired) electrons. The van der Waals surface area contributed by atoms with Crippen molar-refractivity contribution in [3.8, 4) is 11.5 Å². The molecule has 1 aliphatic rings. The summed E-state index contributed by atoms with van der Waals surface area (Å²) >= 11 is 0. The molecule has 1 aliphatic heterocycles. The zero-order chi connectivity index (χ0) is 12.3. The van der Waals surface area contributed by atoms with Gasteiger partial charge in [-0.1, -0.05) is 19.1 Å². The molecule has 0 aromatic heterocycles. The average Bonchev–Trinajstić information content (AvgIpc) is 2.37. The van der Waals surface area contributed by atoms with Crippen molar-refractivity contribution in [3.63, 3.8) is 0 Å². The van der Waals surface area contributed by atoms with Gasteiger partial charge in [0, 0.05) is 13.5 Å². The molecule has 4 nitrogen and oxygen atoms in total. The fourth-order valence-corrected chi connectivity index (χ4v) is 1.83. The number of benzene rings is 1. The molecule has 1 heterocycles. The monoisotopic (exact) mass is 235 g/mol. The van der Waals surface area contributed by atoms with Gasteiger partial charge in [-0.05, 0) is 12.1 Å². The Kier molecular flexibility index (Phi) is 3.52. The Bertz CT molecular complexity index is 405. The van der Waals surface area contributed by atoms with Crippen molar-refractivity contribution in [3.05, 3.63) is 24.3 Å². The van der Waals surface area contributed by atoms with E-state index >= 15 is 0 Å². The number of fused-ring (bicyclic) bond motifs is 1. The highest BCUT2D eigenvalue weighted by Crippen LogP contribution is 2.30. The molecule has 1 atom stereocenters. The Morgan fingerprint density at radius 3 is 2.82 bits per heavy atom. The third-order valence-electron chi connectivity index (χ3n) is 2.77. The molecule has 0 bridgehead atoms. The minimum absolute atomic E-state index is 0.0922.